The maximum atomic E-state index is 10.4. The van der Waals surface area contributed by atoms with E-state index in [2.05, 4.69) is 11.9 Å². The molecule has 0 aromatic carbocycles. The molecular formula is C12H21NO3. The molecule has 0 unspecified atom stereocenters. The number of hydrogen-bond acceptors (Lipinski definition) is 2. The largest absolute Gasteiger partial charge is 0.481 e. The van der Waals surface area contributed by atoms with Crippen molar-refractivity contribution in [2.75, 3.05) is 0 Å². The fraction of sp³-hybridized carbons (Fsp3) is 0.667. The van der Waals surface area contributed by atoms with Gasteiger partial charge < -0.3 is 10.4 Å². The van der Waals surface area contributed by atoms with E-state index in [-0.39, 0.29) is 5.91 Å². The first-order chi connectivity index (χ1) is 7.29. The van der Waals surface area contributed by atoms with Gasteiger partial charge >= 0.3 is 5.97 Å². The Morgan fingerprint density at radius 1 is 1.50 bits per heavy atom. The molecule has 0 bridgehead atoms. The molecule has 0 aromatic heterocycles. The van der Waals surface area contributed by atoms with Crippen LogP contribution in [0.2, 0.25) is 0 Å². The first-order valence-electron chi connectivity index (χ1n) is 5.50. The molecule has 0 aliphatic carbocycles. The first-order valence-corrected chi connectivity index (χ1v) is 5.50. The number of nitrogens with one attached hydrogen (secondary N) is 1. The third kappa shape index (κ3) is 5.53. The lowest BCUT2D eigenvalue weighted by molar-refractivity contribution is -0.147. The van der Waals surface area contributed by atoms with Gasteiger partial charge in [0.25, 0.3) is 0 Å². The van der Waals surface area contributed by atoms with E-state index in [4.69, 9.17) is 5.11 Å². The number of carboxylic acid groups (broad SMARTS) is 1. The molecule has 0 radical (unpaired) electrons. The smallest absolute Gasteiger partial charge is 0.309 e. The van der Waals surface area contributed by atoms with E-state index in [1.54, 1.807) is 13.8 Å². The minimum absolute atomic E-state index is 0.102. The maximum Gasteiger partial charge on any atom is 0.309 e. The monoisotopic (exact) mass is 227 g/mol. The number of aliphatic carboxylic acids is 1. The lowest BCUT2D eigenvalue weighted by Crippen LogP contribution is -2.22. The Hall–Kier alpha value is -1.32. The third-order valence-electron chi connectivity index (χ3n) is 2.42. The summed E-state index contributed by atoms with van der Waals surface area (Å²) >= 11 is 0. The average Bonchev–Trinajstić information content (AvgIpc) is 2.50. The highest BCUT2D eigenvalue weighted by Gasteiger charge is 2.25. The third-order valence-corrected chi connectivity index (χ3v) is 2.42. The van der Waals surface area contributed by atoms with Gasteiger partial charge in [0.2, 0.25) is 5.91 Å². The van der Waals surface area contributed by atoms with Crippen LogP contribution in [0.4, 0.5) is 0 Å². The van der Waals surface area contributed by atoms with Crippen molar-refractivity contribution in [3.8, 4) is 0 Å². The van der Waals surface area contributed by atoms with Crippen molar-refractivity contribution in [3.05, 3.63) is 12.3 Å². The lowest BCUT2D eigenvalue weighted by Gasteiger charge is -2.16. The van der Waals surface area contributed by atoms with Gasteiger partial charge in [-0.25, -0.2) is 0 Å². The van der Waals surface area contributed by atoms with Crippen LogP contribution in [0.1, 0.15) is 46.5 Å². The Morgan fingerprint density at radius 3 is 2.19 bits per heavy atom. The summed E-state index contributed by atoms with van der Waals surface area (Å²) in [7, 11) is 0. The number of amides is 1. The van der Waals surface area contributed by atoms with E-state index < -0.39 is 11.4 Å². The highest BCUT2D eigenvalue weighted by atomic mass is 16.4. The molecule has 0 saturated carbocycles. The van der Waals surface area contributed by atoms with Gasteiger partial charge in [-0.05, 0) is 26.7 Å². The van der Waals surface area contributed by atoms with Crippen LogP contribution in [0.5, 0.6) is 0 Å². The number of carbonyl (C=O) groups excluding carboxylic acids is 1. The quantitative estimate of drug-likeness (QED) is 0.777. The second kappa shape index (κ2) is 6.30. The van der Waals surface area contributed by atoms with Gasteiger partial charge in [0.05, 0.1) is 5.41 Å². The van der Waals surface area contributed by atoms with Crippen molar-refractivity contribution in [3.63, 3.8) is 0 Å². The molecule has 16 heavy (non-hydrogen) atoms. The summed E-state index contributed by atoms with van der Waals surface area (Å²) in [6.07, 6.45) is 3.12. The van der Waals surface area contributed by atoms with Gasteiger partial charge in [-0.1, -0.05) is 19.9 Å². The highest BCUT2D eigenvalue weighted by molar-refractivity contribution is 5.80. The van der Waals surface area contributed by atoms with Crippen LogP contribution in [-0.2, 0) is 9.59 Å². The predicted octanol–water partition coefficient (Wildman–Crippen LogP) is 2.31. The van der Waals surface area contributed by atoms with Crippen molar-refractivity contribution >= 4 is 11.9 Å². The Labute approximate surface area is 96.7 Å². The summed E-state index contributed by atoms with van der Waals surface area (Å²) in [5.41, 5.74) is 0.319. The van der Waals surface area contributed by atoms with E-state index in [0.29, 0.717) is 6.42 Å². The average molecular weight is 227 g/mol. The predicted molar refractivity (Wildman–Crippen MR) is 62.8 cm³/mol. The number of carbonyl (C=O) groups is 2. The van der Waals surface area contributed by atoms with Gasteiger partial charge in [0.1, 0.15) is 0 Å². The van der Waals surface area contributed by atoms with Gasteiger partial charge in [-0.2, -0.15) is 0 Å². The molecule has 4 heteroatoms. The van der Waals surface area contributed by atoms with Crippen molar-refractivity contribution in [1.82, 2.24) is 5.32 Å². The minimum atomic E-state index is -0.704. The summed E-state index contributed by atoms with van der Waals surface area (Å²) < 4.78 is 0. The molecule has 0 atom stereocenters. The fourth-order valence-corrected chi connectivity index (χ4v) is 1.32. The van der Waals surface area contributed by atoms with Crippen LogP contribution in [0.15, 0.2) is 12.3 Å². The van der Waals surface area contributed by atoms with Crippen molar-refractivity contribution in [2.45, 2.75) is 46.5 Å². The van der Waals surface area contributed by atoms with Crippen molar-refractivity contribution < 1.29 is 14.7 Å². The Kier molecular flexibility index (Phi) is 5.78. The minimum Gasteiger partial charge on any atom is -0.481 e. The van der Waals surface area contributed by atoms with Crippen LogP contribution in [0.25, 0.3) is 0 Å². The highest BCUT2D eigenvalue weighted by Crippen LogP contribution is 2.21. The zero-order chi connectivity index (χ0) is 12.8. The van der Waals surface area contributed by atoms with Gasteiger partial charge in [-0.15, -0.1) is 0 Å². The molecule has 4 nitrogen and oxygen atoms in total. The normalized spacial score (nSPS) is 15.2. The number of carboxylic acids is 1. The number of hydrogen-bond donors (Lipinski definition) is 2. The number of rotatable bonds is 3. The molecule has 2 N–H and O–H groups in total. The van der Waals surface area contributed by atoms with Crippen molar-refractivity contribution in [2.24, 2.45) is 5.41 Å². The summed E-state index contributed by atoms with van der Waals surface area (Å²) in [4.78, 5) is 20.7. The maximum absolute atomic E-state index is 10.4. The van der Waals surface area contributed by atoms with Crippen LogP contribution >= 0.6 is 0 Å². The Balaban J connectivity index is 0.000000288. The van der Waals surface area contributed by atoms with Crippen LogP contribution in [0.3, 0.4) is 0 Å². The summed E-state index contributed by atoms with van der Waals surface area (Å²) in [6, 6.07) is 0. The molecular weight excluding hydrogens is 206 g/mol. The van der Waals surface area contributed by atoms with E-state index in [1.165, 1.54) is 0 Å². The van der Waals surface area contributed by atoms with E-state index in [0.717, 1.165) is 25.0 Å². The molecule has 0 aromatic rings. The standard InChI is InChI=1S/C7H14O2.C5H7NO/c1-4-5-7(2,3)6(8)9;1-4-2-3-5(7)6-4/h4-5H2,1-3H3,(H,8,9);1-3H2,(H,6,7). The molecule has 1 aliphatic heterocycles. The van der Waals surface area contributed by atoms with E-state index in [1.807, 2.05) is 6.92 Å². The van der Waals surface area contributed by atoms with Gasteiger partial charge in [0.15, 0.2) is 0 Å². The second-order valence-corrected chi connectivity index (χ2v) is 4.59. The van der Waals surface area contributed by atoms with E-state index in [9.17, 15) is 9.59 Å². The van der Waals surface area contributed by atoms with Gasteiger partial charge in [0, 0.05) is 12.1 Å². The zero-order valence-electron chi connectivity index (χ0n) is 10.3. The Bertz CT molecular complexity index is 268. The summed E-state index contributed by atoms with van der Waals surface area (Å²) in [5, 5.41) is 11.2. The zero-order valence-corrected chi connectivity index (χ0v) is 10.3. The molecule has 1 rings (SSSR count). The lowest BCUT2D eigenvalue weighted by atomic mass is 9.88. The van der Waals surface area contributed by atoms with Crippen LogP contribution in [0, 0.1) is 5.41 Å². The molecule has 1 heterocycles. The Morgan fingerprint density at radius 2 is 2.06 bits per heavy atom. The summed E-state index contributed by atoms with van der Waals surface area (Å²) in [5.74, 6) is -0.602. The van der Waals surface area contributed by atoms with Crippen LogP contribution in [-0.4, -0.2) is 17.0 Å². The topological polar surface area (TPSA) is 66.4 Å². The van der Waals surface area contributed by atoms with Crippen LogP contribution < -0.4 is 5.32 Å². The van der Waals surface area contributed by atoms with E-state index >= 15 is 0 Å². The molecule has 0 spiro atoms. The molecule has 1 fully saturated rings. The molecule has 1 saturated heterocycles. The molecule has 1 amide bonds. The van der Waals surface area contributed by atoms with Crippen molar-refractivity contribution in [1.29, 1.82) is 0 Å². The molecule has 1 aliphatic rings. The number of allylic oxidation sites excluding steroid dienone is 1. The second-order valence-electron chi connectivity index (χ2n) is 4.59. The summed E-state index contributed by atoms with van der Waals surface area (Å²) in [6.45, 7) is 9.06. The first kappa shape index (κ1) is 14.7. The fourth-order valence-electron chi connectivity index (χ4n) is 1.32. The molecule has 92 valence electrons. The SMILES string of the molecule is C=C1CCC(=O)N1.CCCC(C)(C)C(=O)O. The van der Waals surface area contributed by atoms with Gasteiger partial charge in [-0.3, -0.25) is 9.59 Å².